The third-order valence-electron chi connectivity index (χ3n) is 1.68. The van der Waals surface area contributed by atoms with Crippen molar-refractivity contribution in [1.29, 1.82) is 5.26 Å². The van der Waals surface area contributed by atoms with Gasteiger partial charge in [0.25, 0.3) is 0 Å². The van der Waals surface area contributed by atoms with Crippen molar-refractivity contribution in [2.45, 2.75) is 19.1 Å². The Morgan fingerprint density at radius 1 is 1.85 bits per heavy atom. The van der Waals surface area contributed by atoms with Crippen molar-refractivity contribution in [3.63, 3.8) is 0 Å². The minimum absolute atomic E-state index is 0.0608. The van der Waals surface area contributed by atoms with Gasteiger partial charge >= 0.3 is 0 Å². The molecule has 0 aliphatic heterocycles. The maximum Gasteiger partial charge on any atom is 0.139 e. The monoisotopic (exact) mass is 182 g/mol. The first-order valence-corrected chi connectivity index (χ1v) is 3.89. The van der Waals surface area contributed by atoms with E-state index in [9.17, 15) is 4.39 Å². The molecule has 0 fully saturated rings. The van der Waals surface area contributed by atoms with Crippen LogP contribution in [0.5, 0.6) is 0 Å². The highest BCUT2D eigenvalue weighted by Crippen LogP contribution is 2.10. The first-order valence-electron chi connectivity index (χ1n) is 3.89. The Balaban J connectivity index is 2.70. The standard InChI is InChI=1S/C8H11FN4/c1-8(9,5-11)6-13-4-7(2-10)3-12-13/h3-4H,5-6,11H2,1H3. The van der Waals surface area contributed by atoms with Crippen LogP contribution in [0.1, 0.15) is 12.5 Å². The molecule has 5 heteroatoms. The van der Waals surface area contributed by atoms with Gasteiger partial charge in [-0.1, -0.05) is 0 Å². The molecule has 1 heterocycles. The molecule has 1 rings (SSSR count). The van der Waals surface area contributed by atoms with E-state index < -0.39 is 5.67 Å². The predicted octanol–water partition coefficient (Wildman–Crippen LogP) is 0.442. The number of nitrogens with two attached hydrogens (primary N) is 1. The lowest BCUT2D eigenvalue weighted by molar-refractivity contribution is 0.164. The Kier molecular flexibility index (Phi) is 2.63. The Labute approximate surface area is 75.8 Å². The molecule has 1 aromatic rings. The lowest BCUT2D eigenvalue weighted by atomic mass is 10.1. The summed E-state index contributed by atoms with van der Waals surface area (Å²) in [6.45, 7) is 1.42. The minimum atomic E-state index is -1.47. The fourth-order valence-corrected chi connectivity index (χ4v) is 0.910. The maximum absolute atomic E-state index is 13.3. The van der Waals surface area contributed by atoms with E-state index in [4.69, 9.17) is 11.0 Å². The highest BCUT2D eigenvalue weighted by atomic mass is 19.1. The lowest BCUT2D eigenvalue weighted by Crippen LogP contribution is -2.34. The van der Waals surface area contributed by atoms with Crippen LogP contribution in [0.25, 0.3) is 0 Å². The van der Waals surface area contributed by atoms with E-state index in [-0.39, 0.29) is 13.1 Å². The summed E-state index contributed by atoms with van der Waals surface area (Å²) in [6, 6.07) is 1.91. The van der Waals surface area contributed by atoms with Gasteiger partial charge in [-0.15, -0.1) is 0 Å². The minimum Gasteiger partial charge on any atom is -0.327 e. The topological polar surface area (TPSA) is 67.6 Å². The molecule has 4 nitrogen and oxygen atoms in total. The van der Waals surface area contributed by atoms with Crippen molar-refractivity contribution in [2.24, 2.45) is 5.73 Å². The predicted molar refractivity (Wildman–Crippen MR) is 45.5 cm³/mol. The number of rotatable bonds is 3. The van der Waals surface area contributed by atoms with Crippen LogP contribution in [0, 0.1) is 11.3 Å². The summed E-state index contributed by atoms with van der Waals surface area (Å²) < 4.78 is 14.7. The van der Waals surface area contributed by atoms with Gasteiger partial charge in [0.1, 0.15) is 11.7 Å². The fourth-order valence-electron chi connectivity index (χ4n) is 0.910. The summed E-state index contributed by atoms with van der Waals surface area (Å²) in [5.41, 5.74) is 4.16. The van der Waals surface area contributed by atoms with Gasteiger partial charge < -0.3 is 5.73 Å². The van der Waals surface area contributed by atoms with Crippen molar-refractivity contribution in [3.05, 3.63) is 18.0 Å². The number of hydrogen-bond donors (Lipinski definition) is 1. The summed E-state index contributed by atoms with van der Waals surface area (Å²) in [5, 5.41) is 12.3. The van der Waals surface area contributed by atoms with Crippen LogP contribution in [0.3, 0.4) is 0 Å². The molecule has 0 aromatic carbocycles. The van der Waals surface area contributed by atoms with Gasteiger partial charge in [-0.2, -0.15) is 10.4 Å². The van der Waals surface area contributed by atoms with Crippen molar-refractivity contribution in [3.8, 4) is 6.07 Å². The van der Waals surface area contributed by atoms with Crippen molar-refractivity contribution < 1.29 is 4.39 Å². The third kappa shape index (κ3) is 2.53. The molecule has 1 unspecified atom stereocenters. The van der Waals surface area contributed by atoms with Gasteiger partial charge in [0.15, 0.2) is 0 Å². The van der Waals surface area contributed by atoms with E-state index in [1.54, 1.807) is 0 Å². The number of alkyl halides is 1. The molecule has 0 saturated carbocycles. The van der Waals surface area contributed by atoms with Crippen LogP contribution in [0.4, 0.5) is 4.39 Å². The quantitative estimate of drug-likeness (QED) is 0.737. The molecular weight excluding hydrogens is 171 g/mol. The van der Waals surface area contributed by atoms with Gasteiger partial charge in [-0.25, -0.2) is 4.39 Å². The molecule has 70 valence electrons. The Hall–Kier alpha value is -1.41. The van der Waals surface area contributed by atoms with Crippen LogP contribution in [-0.4, -0.2) is 22.0 Å². The van der Waals surface area contributed by atoms with Crippen LogP contribution in [-0.2, 0) is 6.54 Å². The molecule has 13 heavy (non-hydrogen) atoms. The molecule has 0 bridgehead atoms. The van der Waals surface area contributed by atoms with Gasteiger partial charge in [-0.05, 0) is 6.92 Å². The van der Waals surface area contributed by atoms with E-state index in [1.807, 2.05) is 6.07 Å². The summed E-state index contributed by atoms with van der Waals surface area (Å²) in [4.78, 5) is 0. The second-order valence-corrected chi connectivity index (χ2v) is 3.16. The van der Waals surface area contributed by atoms with Crippen LogP contribution in [0.15, 0.2) is 12.4 Å². The fraction of sp³-hybridized carbons (Fsp3) is 0.500. The molecule has 0 saturated heterocycles. The summed E-state index contributed by atoms with van der Waals surface area (Å²) in [7, 11) is 0. The zero-order valence-electron chi connectivity index (χ0n) is 7.37. The number of nitrogens with zero attached hydrogens (tertiary/aromatic N) is 3. The maximum atomic E-state index is 13.3. The smallest absolute Gasteiger partial charge is 0.139 e. The van der Waals surface area contributed by atoms with Crippen LogP contribution >= 0.6 is 0 Å². The highest BCUT2D eigenvalue weighted by Gasteiger charge is 2.21. The molecule has 0 spiro atoms. The SMILES string of the molecule is CC(F)(CN)Cn1cc(C#N)cn1. The molecule has 0 amide bonds. The Morgan fingerprint density at radius 2 is 2.54 bits per heavy atom. The van der Waals surface area contributed by atoms with Gasteiger partial charge in [0, 0.05) is 12.7 Å². The third-order valence-corrected chi connectivity index (χ3v) is 1.68. The molecule has 0 aliphatic rings. The number of hydrogen-bond acceptors (Lipinski definition) is 3. The number of halogens is 1. The van der Waals surface area contributed by atoms with Crippen molar-refractivity contribution in [1.82, 2.24) is 9.78 Å². The normalized spacial score (nSPS) is 14.9. The van der Waals surface area contributed by atoms with E-state index in [1.165, 1.54) is 24.0 Å². The number of nitriles is 1. The molecule has 2 N–H and O–H groups in total. The van der Waals surface area contributed by atoms with E-state index in [0.717, 1.165) is 0 Å². The first-order chi connectivity index (χ1) is 6.07. The molecular formula is C8H11FN4. The lowest BCUT2D eigenvalue weighted by Gasteiger charge is -2.17. The Morgan fingerprint density at radius 3 is 3.00 bits per heavy atom. The van der Waals surface area contributed by atoms with Gasteiger partial charge in [0.05, 0.1) is 18.3 Å². The van der Waals surface area contributed by atoms with E-state index in [2.05, 4.69) is 5.10 Å². The van der Waals surface area contributed by atoms with Crippen molar-refractivity contribution in [2.75, 3.05) is 6.54 Å². The second kappa shape index (κ2) is 3.54. The molecule has 1 atom stereocenters. The first kappa shape index (κ1) is 9.68. The molecule has 0 radical (unpaired) electrons. The van der Waals surface area contributed by atoms with Crippen molar-refractivity contribution >= 4 is 0 Å². The van der Waals surface area contributed by atoms with Crippen LogP contribution < -0.4 is 5.73 Å². The summed E-state index contributed by atoms with van der Waals surface area (Å²) >= 11 is 0. The highest BCUT2D eigenvalue weighted by molar-refractivity contribution is 5.21. The number of aromatic nitrogens is 2. The zero-order valence-corrected chi connectivity index (χ0v) is 7.37. The van der Waals surface area contributed by atoms with Gasteiger partial charge in [0.2, 0.25) is 0 Å². The molecule has 0 aliphatic carbocycles. The van der Waals surface area contributed by atoms with E-state index >= 15 is 0 Å². The average Bonchev–Trinajstić information content (AvgIpc) is 2.52. The van der Waals surface area contributed by atoms with Gasteiger partial charge in [-0.3, -0.25) is 4.68 Å². The average molecular weight is 182 g/mol. The van der Waals surface area contributed by atoms with E-state index in [0.29, 0.717) is 5.56 Å². The zero-order chi connectivity index (χ0) is 9.90. The largest absolute Gasteiger partial charge is 0.327 e. The summed E-state index contributed by atoms with van der Waals surface area (Å²) in [5.74, 6) is 0. The second-order valence-electron chi connectivity index (χ2n) is 3.16. The van der Waals surface area contributed by atoms with Crippen LogP contribution in [0.2, 0.25) is 0 Å². The summed E-state index contributed by atoms with van der Waals surface area (Å²) in [6.07, 6.45) is 2.89. The molecule has 1 aromatic heterocycles. The Bertz CT molecular complexity index is 323.